The second-order valence-corrected chi connectivity index (χ2v) is 4.09. The molecule has 0 saturated carbocycles. The van der Waals surface area contributed by atoms with E-state index in [2.05, 4.69) is 27.1 Å². The van der Waals surface area contributed by atoms with Crippen molar-refractivity contribution >= 4 is 5.95 Å². The van der Waals surface area contributed by atoms with E-state index in [1.54, 1.807) is 12.3 Å². The monoisotopic (exact) mass is 236 g/mol. The van der Waals surface area contributed by atoms with Crippen LogP contribution in [0, 0.1) is 0 Å². The van der Waals surface area contributed by atoms with Crippen molar-refractivity contribution in [1.29, 1.82) is 0 Å². The largest absolute Gasteiger partial charge is 0.478 e. The predicted molar refractivity (Wildman–Crippen MR) is 67.5 cm³/mol. The first-order chi connectivity index (χ1) is 8.35. The molecule has 1 aromatic heterocycles. The highest BCUT2D eigenvalue weighted by Gasteiger charge is 2.22. The van der Waals surface area contributed by atoms with Crippen LogP contribution in [0.25, 0.3) is 0 Å². The Bertz CT molecular complexity index is 358. The van der Waals surface area contributed by atoms with Crippen molar-refractivity contribution in [2.75, 3.05) is 31.1 Å². The predicted octanol–water partition coefficient (Wildman–Crippen LogP) is 1.06. The molecule has 0 amide bonds. The second-order valence-electron chi connectivity index (χ2n) is 4.09. The van der Waals surface area contributed by atoms with E-state index in [9.17, 15) is 0 Å². The molecule has 94 valence electrons. The summed E-state index contributed by atoms with van der Waals surface area (Å²) in [7, 11) is 0. The molecule has 2 rings (SSSR count). The molecule has 5 heteroatoms. The van der Waals surface area contributed by atoms with Gasteiger partial charge in [0.25, 0.3) is 0 Å². The number of aromatic nitrogens is 2. The number of ether oxygens (including phenoxy) is 1. The van der Waals surface area contributed by atoms with Gasteiger partial charge in [0, 0.05) is 37.9 Å². The van der Waals surface area contributed by atoms with Crippen LogP contribution in [0.4, 0.5) is 5.95 Å². The van der Waals surface area contributed by atoms with E-state index >= 15 is 0 Å². The molecule has 17 heavy (non-hydrogen) atoms. The molecule has 0 radical (unpaired) electrons. The zero-order valence-electron chi connectivity index (χ0n) is 10.5. The minimum absolute atomic E-state index is 0.473. The highest BCUT2D eigenvalue weighted by Crippen LogP contribution is 2.17. The van der Waals surface area contributed by atoms with Crippen molar-refractivity contribution < 1.29 is 4.74 Å². The second kappa shape index (κ2) is 5.82. The van der Waals surface area contributed by atoms with Crippen LogP contribution in [0.3, 0.4) is 0 Å². The Kier molecular flexibility index (Phi) is 4.14. The summed E-state index contributed by atoms with van der Waals surface area (Å²) in [5, 5.41) is 3.40. The molecule has 2 heterocycles. The van der Waals surface area contributed by atoms with Crippen LogP contribution >= 0.6 is 0 Å². The third kappa shape index (κ3) is 2.85. The Labute approximate surface area is 102 Å². The molecule has 1 unspecified atom stereocenters. The maximum absolute atomic E-state index is 5.41. The summed E-state index contributed by atoms with van der Waals surface area (Å²) < 4.78 is 5.41. The zero-order valence-corrected chi connectivity index (χ0v) is 10.5. The van der Waals surface area contributed by atoms with Gasteiger partial charge in [0.2, 0.25) is 11.8 Å². The molecule has 0 bridgehead atoms. The van der Waals surface area contributed by atoms with Crippen LogP contribution in [0.1, 0.15) is 20.3 Å². The molecular weight excluding hydrogens is 216 g/mol. The lowest BCUT2D eigenvalue weighted by Crippen LogP contribution is -2.51. The highest BCUT2D eigenvalue weighted by atomic mass is 16.5. The molecular formula is C12H20N4O. The Hall–Kier alpha value is -1.36. The molecule has 1 aliphatic rings. The molecule has 0 aromatic carbocycles. The fourth-order valence-electron chi connectivity index (χ4n) is 2.09. The third-order valence-electron chi connectivity index (χ3n) is 2.99. The van der Waals surface area contributed by atoms with E-state index in [4.69, 9.17) is 4.74 Å². The van der Waals surface area contributed by atoms with E-state index in [0.717, 1.165) is 32.0 Å². The van der Waals surface area contributed by atoms with E-state index in [-0.39, 0.29) is 0 Å². The molecule has 0 spiro atoms. The van der Waals surface area contributed by atoms with Gasteiger partial charge in [0.15, 0.2) is 0 Å². The number of nitrogens with zero attached hydrogens (tertiary/aromatic N) is 3. The molecule has 1 atom stereocenters. The van der Waals surface area contributed by atoms with Gasteiger partial charge in [-0.1, -0.05) is 6.92 Å². The van der Waals surface area contributed by atoms with Crippen LogP contribution in [0.2, 0.25) is 0 Å². The number of hydrogen-bond donors (Lipinski definition) is 1. The van der Waals surface area contributed by atoms with Crippen LogP contribution in [-0.2, 0) is 0 Å². The molecule has 0 aliphatic carbocycles. The first-order valence-corrected chi connectivity index (χ1v) is 6.28. The first kappa shape index (κ1) is 12.1. The Morgan fingerprint density at radius 3 is 3.18 bits per heavy atom. The van der Waals surface area contributed by atoms with Gasteiger partial charge in [0.1, 0.15) is 0 Å². The lowest BCUT2D eigenvalue weighted by molar-refractivity contribution is 0.325. The number of hydrogen-bond acceptors (Lipinski definition) is 5. The summed E-state index contributed by atoms with van der Waals surface area (Å²) in [6.07, 6.45) is 2.86. The summed E-state index contributed by atoms with van der Waals surface area (Å²) in [5.41, 5.74) is 0. The Morgan fingerprint density at radius 2 is 2.41 bits per heavy atom. The van der Waals surface area contributed by atoms with Crippen LogP contribution in [0.5, 0.6) is 5.88 Å². The maximum atomic E-state index is 5.41. The SMILES string of the molecule is CCOc1ccnc(N2CCNCC2CC)n1. The van der Waals surface area contributed by atoms with E-state index in [0.29, 0.717) is 18.5 Å². The van der Waals surface area contributed by atoms with Gasteiger partial charge in [-0.15, -0.1) is 0 Å². The average molecular weight is 236 g/mol. The van der Waals surface area contributed by atoms with Gasteiger partial charge in [-0.3, -0.25) is 0 Å². The first-order valence-electron chi connectivity index (χ1n) is 6.28. The van der Waals surface area contributed by atoms with Crippen molar-refractivity contribution in [3.05, 3.63) is 12.3 Å². The zero-order chi connectivity index (χ0) is 12.1. The van der Waals surface area contributed by atoms with E-state index in [1.165, 1.54) is 0 Å². The lowest BCUT2D eigenvalue weighted by atomic mass is 10.1. The van der Waals surface area contributed by atoms with Crippen molar-refractivity contribution in [3.63, 3.8) is 0 Å². The summed E-state index contributed by atoms with van der Waals surface area (Å²) in [4.78, 5) is 11.1. The van der Waals surface area contributed by atoms with Crippen LogP contribution in [-0.4, -0.2) is 42.3 Å². The summed E-state index contributed by atoms with van der Waals surface area (Å²) in [6, 6.07) is 2.27. The molecule has 1 saturated heterocycles. The number of nitrogens with one attached hydrogen (secondary N) is 1. The smallest absolute Gasteiger partial charge is 0.228 e. The van der Waals surface area contributed by atoms with E-state index in [1.807, 2.05) is 6.92 Å². The number of rotatable bonds is 4. The van der Waals surface area contributed by atoms with Crippen molar-refractivity contribution in [1.82, 2.24) is 15.3 Å². The van der Waals surface area contributed by atoms with Gasteiger partial charge in [-0.2, -0.15) is 4.98 Å². The molecule has 1 N–H and O–H groups in total. The highest BCUT2D eigenvalue weighted by molar-refractivity contribution is 5.34. The molecule has 5 nitrogen and oxygen atoms in total. The maximum Gasteiger partial charge on any atom is 0.228 e. The minimum atomic E-state index is 0.473. The van der Waals surface area contributed by atoms with Crippen molar-refractivity contribution in [2.45, 2.75) is 26.3 Å². The average Bonchev–Trinajstić information content (AvgIpc) is 2.39. The Morgan fingerprint density at radius 1 is 1.53 bits per heavy atom. The van der Waals surface area contributed by atoms with Gasteiger partial charge in [-0.25, -0.2) is 4.98 Å². The van der Waals surface area contributed by atoms with Gasteiger partial charge in [0.05, 0.1) is 6.61 Å². The fraction of sp³-hybridized carbons (Fsp3) is 0.667. The lowest BCUT2D eigenvalue weighted by Gasteiger charge is -2.35. The number of anilines is 1. The van der Waals surface area contributed by atoms with E-state index < -0.39 is 0 Å². The van der Waals surface area contributed by atoms with Gasteiger partial charge < -0.3 is 15.0 Å². The van der Waals surface area contributed by atoms with Crippen LogP contribution < -0.4 is 15.0 Å². The standard InChI is InChI=1S/C12H20N4O/c1-3-10-9-13-7-8-16(10)12-14-6-5-11(15-12)17-4-2/h5-6,10,13H,3-4,7-9H2,1-2H3. The number of piperazine rings is 1. The molecule has 1 fully saturated rings. The van der Waals surface area contributed by atoms with Gasteiger partial charge in [-0.05, 0) is 13.3 Å². The molecule has 1 aromatic rings. The van der Waals surface area contributed by atoms with Gasteiger partial charge >= 0.3 is 0 Å². The topological polar surface area (TPSA) is 50.3 Å². The normalized spacial score (nSPS) is 20.4. The fourth-order valence-corrected chi connectivity index (χ4v) is 2.09. The minimum Gasteiger partial charge on any atom is -0.478 e. The summed E-state index contributed by atoms with van der Waals surface area (Å²) in [6.45, 7) is 7.72. The molecule has 1 aliphatic heterocycles. The quantitative estimate of drug-likeness (QED) is 0.847. The third-order valence-corrected chi connectivity index (χ3v) is 2.99. The summed E-state index contributed by atoms with van der Waals surface area (Å²) >= 11 is 0. The Balaban J connectivity index is 2.16. The van der Waals surface area contributed by atoms with Crippen molar-refractivity contribution in [2.24, 2.45) is 0 Å². The van der Waals surface area contributed by atoms with Crippen LogP contribution in [0.15, 0.2) is 12.3 Å². The summed E-state index contributed by atoms with van der Waals surface area (Å²) in [5.74, 6) is 1.44. The van der Waals surface area contributed by atoms with Crippen molar-refractivity contribution in [3.8, 4) is 5.88 Å².